The molecule has 1 aromatic rings. The molecule has 0 saturated heterocycles. The van der Waals surface area contributed by atoms with Crippen molar-refractivity contribution in [1.29, 1.82) is 5.26 Å². The molecule has 0 unspecified atom stereocenters. The molecule has 0 radical (unpaired) electrons. The van der Waals surface area contributed by atoms with Crippen LogP contribution in [0.15, 0.2) is 6.07 Å². The van der Waals surface area contributed by atoms with E-state index < -0.39 is 36.1 Å². The summed E-state index contributed by atoms with van der Waals surface area (Å²) in [5.74, 6) is -1.22. The average molecular weight is 396 g/mol. The van der Waals surface area contributed by atoms with E-state index in [0.29, 0.717) is 6.07 Å². The molecule has 104 valence electrons. The third-order valence-corrected chi connectivity index (χ3v) is 2.75. The SMILES string of the molecule is N#CCc1c(I)cc(OC(F)(F)F)nc1C(F)(F)F. The van der Waals surface area contributed by atoms with Gasteiger partial charge < -0.3 is 4.74 Å². The van der Waals surface area contributed by atoms with Gasteiger partial charge in [0.15, 0.2) is 5.69 Å². The van der Waals surface area contributed by atoms with Gasteiger partial charge in [0.1, 0.15) is 0 Å². The van der Waals surface area contributed by atoms with Crippen LogP contribution in [0.4, 0.5) is 26.3 Å². The van der Waals surface area contributed by atoms with Crippen LogP contribution in [0, 0.1) is 14.9 Å². The van der Waals surface area contributed by atoms with E-state index in [1.54, 1.807) is 0 Å². The number of aromatic nitrogens is 1. The van der Waals surface area contributed by atoms with E-state index in [1.807, 2.05) is 0 Å². The Morgan fingerprint density at radius 3 is 2.26 bits per heavy atom. The molecule has 1 heterocycles. The van der Waals surface area contributed by atoms with Gasteiger partial charge in [-0.2, -0.15) is 18.4 Å². The third-order valence-electron chi connectivity index (χ3n) is 1.79. The summed E-state index contributed by atoms with van der Waals surface area (Å²) < 4.78 is 77.0. The van der Waals surface area contributed by atoms with Crippen molar-refractivity contribution in [2.75, 3.05) is 0 Å². The van der Waals surface area contributed by atoms with Gasteiger partial charge in [0.2, 0.25) is 5.88 Å². The van der Waals surface area contributed by atoms with E-state index in [4.69, 9.17) is 5.26 Å². The van der Waals surface area contributed by atoms with Crippen LogP contribution in [-0.2, 0) is 12.6 Å². The summed E-state index contributed by atoms with van der Waals surface area (Å²) >= 11 is 1.39. The summed E-state index contributed by atoms with van der Waals surface area (Å²) in [6.45, 7) is 0. The molecular weight excluding hydrogens is 393 g/mol. The molecule has 0 amide bonds. The smallest absolute Gasteiger partial charge is 0.388 e. The highest BCUT2D eigenvalue weighted by atomic mass is 127. The summed E-state index contributed by atoms with van der Waals surface area (Å²) in [4.78, 5) is 2.79. The molecule has 0 aliphatic rings. The predicted molar refractivity (Wildman–Crippen MR) is 58.0 cm³/mol. The largest absolute Gasteiger partial charge is 0.574 e. The molecular formula is C9H3F6IN2O. The fourth-order valence-corrected chi connectivity index (χ4v) is 1.88. The lowest BCUT2D eigenvalue weighted by atomic mass is 10.1. The van der Waals surface area contributed by atoms with Gasteiger partial charge in [0.25, 0.3) is 0 Å². The first-order valence-corrected chi connectivity index (χ1v) is 5.52. The van der Waals surface area contributed by atoms with Gasteiger partial charge in [0, 0.05) is 15.2 Å². The maximum Gasteiger partial charge on any atom is 0.574 e. The number of nitrogens with zero attached hydrogens (tertiary/aromatic N) is 2. The summed E-state index contributed by atoms with van der Waals surface area (Å²) in [6, 6.07) is 2.19. The molecule has 0 spiro atoms. The molecule has 10 heteroatoms. The number of ether oxygens (including phenoxy) is 1. The lowest BCUT2D eigenvalue weighted by Crippen LogP contribution is -2.20. The normalized spacial score (nSPS) is 12.1. The van der Waals surface area contributed by atoms with Crippen molar-refractivity contribution in [2.24, 2.45) is 0 Å². The quantitative estimate of drug-likeness (QED) is 0.567. The predicted octanol–water partition coefficient (Wildman–Crippen LogP) is 3.67. The fourth-order valence-electron chi connectivity index (χ4n) is 1.17. The van der Waals surface area contributed by atoms with Crippen LogP contribution in [0.25, 0.3) is 0 Å². The monoisotopic (exact) mass is 396 g/mol. The minimum Gasteiger partial charge on any atom is -0.388 e. The van der Waals surface area contributed by atoms with Gasteiger partial charge in [0.05, 0.1) is 12.5 Å². The van der Waals surface area contributed by atoms with E-state index in [1.165, 1.54) is 28.7 Å². The van der Waals surface area contributed by atoms with Gasteiger partial charge in [-0.15, -0.1) is 13.2 Å². The molecule has 1 rings (SSSR count). The number of hydrogen-bond donors (Lipinski definition) is 0. The zero-order valence-electron chi connectivity index (χ0n) is 8.73. The van der Waals surface area contributed by atoms with Gasteiger partial charge in [-0.1, -0.05) is 0 Å². The Bertz CT molecular complexity index is 519. The highest BCUT2D eigenvalue weighted by Gasteiger charge is 2.39. The van der Waals surface area contributed by atoms with Gasteiger partial charge in [-0.05, 0) is 22.6 Å². The lowest BCUT2D eigenvalue weighted by Gasteiger charge is -2.15. The number of halogens is 7. The van der Waals surface area contributed by atoms with Gasteiger partial charge in [-0.3, -0.25) is 0 Å². The Kier molecular flexibility index (Phi) is 4.49. The molecule has 0 aliphatic heterocycles. The minimum atomic E-state index is -5.14. The number of alkyl halides is 6. The van der Waals surface area contributed by atoms with Crippen molar-refractivity contribution in [3.05, 3.63) is 20.9 Å². The first-order valence-electron chi connectivity index (χ1n) is 4.44. The molecule has 0 aromatic carbocycles. The maximum absolute atomic E-state index is 12.7. The first-order chi connectivity index (χ1) is 8.54. The van der Waals surface area contributed by atoms with Crippen molar-refractivity contribution in [3.63, 3.8) is 0 Å². The van der Waals surface area contributed by atoms with Crippen molar-refractivity contribution in [2.45, 2.75) is 19.0 Å². The van der Waals surface area contributed by atoms with E-state index in [-0.39, 0.29) is 3.57 Å². The standard InChI is InChI=1S/C9H3F6IN2O/c10-8(11,12)7-4(1-2-17)5(16)3-6(18-7)19-9(13,14)15/h3H,1H2. The average Bonchev–Trinajstić information content (AvgIpc) is 2.17. The topological polar surface area (TPSA) is 45.9 Å². The molecule has 1 aromatic heterocycles. The van der Waals surface area contributed by atoms with Crippen LogP contribution in [0.3, 0.4) is 0 Å². The Labute approximate surface area is 116 Å². The zero-order valence-corrected chi connectivity index (χ0v) is 10.9. The van der Waals surface area contributed by atoms with E-state index in [2.05, 4.69) is 9.72 Å². The van der Waals surface area contributed by atoms with Gasteiger partial charge >= 0.3 is 12.5 Å². The van der Waals surface area contributed by atoms with E-state index in [0.717, 1.165) is 0 Å². The van der Waals surface area contributed by atoms with Gasteiger partial charge in [-0.25, -0.2) is 4.98 Å². The number of hydrogen-bond acceptors (Lipinski definition) is 3. The molecule has 0 N–H and O–H groups in total. The molecule has 0 bridgehead atoms. The van der Waals surface area contributed by atoms with Crippen molar-refractivity contribution >= 4 is 22.6 Å². The number of pyridine rings is 1. The number of rotatable bonds is 2. The highest BCUT2D eigenvalue weighted by molar-refractivity contribution is 14.1. The van der Waals surface area contributed by atoms with Crippen LogP contribution < -0.4 is 4.74 Å². The Hall–Kier alpha value is -1.25. The highest BCUT2D eigenvalue weighted by Crippen LogP contribution is 2.35. The van der Waals surface area contributed by atoms with Crippen LogP contribution in [-0.4, -0.2) is 11.3 Å². The lowest BCUT2D eigenvalue weighted by molar-refractivity contribution is -0.276. The maximum atomic E-state index is 12.7. The van der Waals surface area contributed by atoms with E-state index in [9.17, 15) is 26.3 Å². The van der Waals surface area contributed by atoms with Crippen LogP contribution in [0.5, 0.6) is 5.88 Å². The van der Waals surface area contributed by atoms with E-state index >= 15 is 0 Å². The first kappa shape index (κ1) is 15.8. The minimum absolute atomic E-state index is 0.180. The van der Waals surface area contributed by atoms with Crippen LogP contribution in [0.1, 0.15) is 11.3 Å². The summed E-state index contributed by atoms with van der Waals surface area (Å²) in [5, 5.41) is 8.43. The molecule has 0 aliphatic carbocycles. The van der Waals surface area contributed by atoms with Crippen molar-refractivity contribution in [1.82, 2.24) is 4.98 Å². The molecule has 0 atom stereocenters. The fraction of sp³-hybridized carbons (Fsp3) is 0.333. The Balaban J connectivity index is 3.36. The molecule has 19 heavy (non-hydrogen) atoms. The van der Waals surface area contributed by atoms with Crippen LogP contribution in [0.2, 0.25) is 0 Å². The summed E-state index contributed by atoms with van der Waals surface area (Å²) in [6.07, 6.45) is -10.7. The van der Waals surface area contributed by atoms with Crippen molar-refractivity contribution in [3.8, 4) is 11.9 Å². The van der Waals surface area contributed by atoms with Crippen molar-refractivity contribution < 1.29 is 31.1 Å². The molecule has 3 nitrogen and oxygen atoms in total. The zero-order chi connectivity index (χ0) is 14.8. The second-order valence-electron chi connectivity index (χ2n) is 3.15. The van der Waals surface area contributed by atoms with Crippen LogP contribution >= 0.6 is 22.6 Å². The summed E-state index contributed by atoms with van der Waals surface area (Å²) in [7, 11) is 0. The second kappa shape index (κ2) is 5.40. The molecule has 0 saturated carbocycles. The third kappa shape index (κ3) is 4.41. The second-order valence-corrected chi connectivity index (χ2v) is 4.31. The Morgan fingerprint density at radius 2 is 1.84 bits per heavy atom. The number of nitriles is 1. The summed E-state index contributed by atoms with van der Waals surface area (Å²) in [5.41, 5.74) is -2.04. The Morgan fingerprint density at radius 1 is 1.26 bits per heavy atom. The molecule has 0 fully saturated rings.